The molecule has 3 aromatic rings. The molecule has 0 aliphatic rings. The van der Waals surface area contributed by atoms with E-state index in [-0.39, 0.29) is 6.04 Å². The van der Waals surface area contributed by atoms with Gasteiger partial charge in [0.25, 0.3) is 0 Å². The molecule has 1 heterocycles. The van der Waals surface area contributed by atoms with Gasteiger partial charge in [0, 0.05) is 23.6 Å². The van der Waals surface area contributed by atoms with Gasteiger partial charge in [-0.25, -0.2) is 0 Å². The van der Waals surface area contributed by atoms with E-state index < -0.39 is 0 Å². The lowest BCUT2D eigenvalue weighted by atomic mass is 10.0. The van der Waals surface area contributed by atoms with Gasteiger partial charge in [-0.05, 0) is 30.2 Å². The molecule has 3 rings (SSSR count). The highest BCUT2D eigenvalue weighted by atomic mass is 14.9. The first-order valence-corrected chi connectivity index (χ1v) is 7.15. The molecule has 2 aromatic carbocycles. The predicted octanol–water partition coefficient (Wildman–Crippen LogP) is 4.92. The summed E-state index contributed by atoms with van der Waals surface area (Å²) in [7, 11) is 0. The Morgan fingerprint density at radius 1 is 0.857 bits per heavy atom. The summed E-state index contributed by atoms with van der Waals surface area (Å²) in [5, 5.41) is 3.59. The van der Waals surface area contributed by atoms with Crippen molar-refractivity contribution in [3.05, 3.63) is 84.7 Å². The Morgan fingerprint density at radius 3 is 2.38 bits per heavy atom. The lowest BCUT2D eigenvalue weighted by molar-refractivity contribution is 0.876. The molecule has 1 unspecified atom stereocenters. The maximum atomic E-state index is 4.19. The number of hydrogen-bond donors (Lipinski definition) is 1. The van der Waals surface area contributed by atoms with E-state index in [1.54, 1.807) is 6.20 Å². The number of pyridine rings is 1. The zero-order chi connectivity index (χ0) is 14.5. The summed E-state index contributed by atoms with van der Waals surface area (Å²) in [6.07, 6.45) is 3.71. The zero-order valence-electron chi connectivity index (χ0n) is 12.0. The van der Waals surface area contributed by atoms with Gasteiger partial charge in [0.05, 0.1) is 6.04 Å². The average Bonchev–Trinajstić information content (AvgIpc) is 2.57. The van der Waals surface area contributed by atoms with Crippen LogP contribution < -0.4 is 5.32 Å². The molecule has 1 aromatic heterocycles. The normalized spacial score (nSPS) is 11.9. The molecule has 0 fully saturated rings. The fourth-order valence-corrected chi connectivity index (χ4v) is 2.43. The van der Waals surface area contributed by atoms with Gasteiger partial charge >= 0.3 is 0 Å². The second kappa shape index (κ2) is 6.23. The monoisotopic (exact) mass is 274 g/mol. The fraction of sp³-hybridized carbons (Fsp3) is 0.105. The molecule has 0 saturated carbocycles. The first-order valence-electron chi connectivity index (χ1n) is 7.15. The minimum atomic E-state index is 0.212. The first kappa shape index (κ1) is 13.4. The van der Waals surface area contributed by atoms with Gasteiger partial charge in [0.15, 0.2) is 0 Å². The van der Waals surface area contributed by atoms with Gasteiger partial charge in [-0.1, -0.05) is 54.6 Å². The number of nitrogens with one attached hydrogen (secondary N) is 1. The summed E-state index contributed by atoms with van der Waals surface area (Å²) in [5.41, 5.74) is 4.76. The van der Waals surface area contributed by atoms with Crippen LogP contribution in [0.3, 0.4) is 0 Å². The van der Waals surface area contributed by atoms with Crippen molar-refractivity contribution in [2.24, 2.45) is 0 Å². The van der Waals surface area contributed by atoms with Crippen molar-refractivity contribution in [3.8, 4) is 11.1 Å². The first-order chi connectivity index (χ1) is 10.3. The van der Waals surface area contributed by atoms with Gasteiger partial charge in [-0.3, -0.25) is 4.98 Å². The Labute approximate surface area is 125 Å². The van der Waals surface area contributed by atoms with Crippen molar-refractivity contribution in [2.75, 3.05) is 5.32 Å². The molecule has 2 nitrogen and oxygen atoms in total. The van der Waals surface area contributed by atoms with E-state index >= 15 is 0 Å². The largest absolute Gasteiger partial charge is 0.378 e. The number of aromatic nitrogens is 1. The van der Waals surface area contributed by atoms with E-state index in [0.29, 0.717) is 0 Å². The van der Waals surface area contributed by atoms with Crippen LogP contribution in [0.1, 0.15) is 18.5 Å². The van der Waals surface area contributed by atoms with Crippen molar-refractivity contribution >= 4 is 5.69 Å². The quantitative estimate of drug-likeness (QED) is 0.730. The number of nitrogens with zero attached hydrogens (tertiary/aromatic N) is 1. The summed E-state index contributed by atoms with van der Waals surface area (Å²) >= 11 is 0. The summed E-state index contributed by atoms with van der Waals surface area (Å²) in [4.78, 5) is 4.19. The summed E-state index contributed by atoms with van der Waals surface area (Å²) in [6.45, 7) is 2.15. The summed E-state index contributed by atoms with van der Waals surface area (Å²) in [6, 6.07) is 23.1. The summed E-state index contributed by atoms with van der Waals surface area (Å²) in [5.74, 6) is 0. The summed E-state index contributed by atoms with van der Waals surface area (Å²) < 4.78 is 0. The van der Waals surface area contributed by atoms with Crippen molar-refractivity contribution in [3.63, 3.8) is 0 Å². The maximum Gasteiger partial charge on any atom is 0.0501 e. The highest BCUT2D eigenvalue weighted by Crippen LogP contribution is 2.30. The lowest BCUT2D eigenvalue weighted by Gasteiger charge is -2.18. The van der Waals surface area contributed by atoms with Crippen LogP contribution in [-0.2, 0) is 0 Å². The third kappa shape index (κ3) is 3.11. The van der Waals surface area contributed by atoms with E-state index in [9.17, 15) is 0 Å². The van der Waals surface area contributed by atoms with Crippen molar-refractivity contribution in [2.45, 2.75) is 13.0 Å². The molecule has 0 bridgehead atoms. The number of para-hydroxylation sites is 1. The average molecular weight is 274 g/mol. The number of anilines is 1. The second-order valence-electron chi connectivity index (χ2n) is 5.06. The molecular formula is C19H18N2. The molecule has 1 N–H and O–H groups in total. The molecule has 0 spiro atoms. The maximum absolute atomic E-state index is 4.19. The second-order valence-corrected chi connectivity index (χ2v) is 5.06. The van der Waals surface area contributed by atoms with Crippen LogP contribution in [0.25, 0.3) is 11.1 Å². The standard InChI is InChI=1S/C19H18N2/c1-15(17-10-7-13-20-14-17)21-19-12-6-5-11-18(19)16-8-3-2-4-9-16/h2-15,21H,1H3. The Hall–Kier alpha value is -2.61. The van der Waals surface area contributed by atoms with Crippen LogP contribution >= 0.6 is 0 Å². The van der Waals surface area contributed by atoms with Gasteiger partial charge in [0.2, 0.25) is 0 Å². The van der Waals surface area contributed by atoms with E-state index in [2.05, 4.69) is 71.8 Å². The van der Waals surface area contributed by atoms with Crippen molar-refractivity contribution in [1.82, 2.24) is 4.98 Å². The van der Waals surface area contributed by atoms with E-state index in [0.717, 1.165) is 5.69 Å². The van der Waals surface area contributed by atoms with E-state index in [1.807, 2.05) is 18.3 Å². The highest BCUT2D eigenvalue weighted by Gasteiger charge is 2.09. The Morgan fingerprint density at radius 2 is 1.62 bits per heavy atom. The number of rotatable bonds is 4. The van der Waals surface area contributed by atoms with Crippen LogP contribution in [0.4, 0.5) is 5.69 Å². The van der Waals surface area contributed by atoms with Gasteiger partial charge in [0.1, 0.15) is 0 Å². The molecule has 0 radical (unpaired) electrons. The smallest absolute Gasteiger partial charge is 0.0501 e. The fourth-order valence-electron chi connectivity index (χ4n) is 2.43. The molecule has 0 amide bonds. The van der Waals surface area contributed by atoms with Crippen LogP contribution in [-0.4, -0.2) is 4.98 Å². The Bertz CT molecular complexity index is 693. The van der Waals surface area contributed by atoms with Crippen LogP contribution in [0.15, 0.2) is 79.1 Å². The third-order valence-corrected chi connectivity index (χ3v) is 3.57. The van der Waals surface area contributed by atoms with Gasteiger partial charge < -0.3 is 5.32 Å². The SMILES string of the molecule is CC(Nc1ccccc1-c1ccccc1)c1cccnc1. The van der Waals surface area contributed by atoms with Gasteiger partial charge in [-0.2, -0.15) is 0 Å². The van der Waals surface area contributed by atoms with E-state index in [1.165, 1.54) is 16.7 Å². The van der Waals surface area contributed by atoms with Gasteiger partial charge in [-0.15, -0.1) is 0 Å². The minimum absolute atomic E-state index is 0.212. The molecule has 1 atom stereocenters. The Kier molecular flexibility index (Phi) is 3.97. The number of hydrogen-bond acceptors (Lipinski definition) is 2. The molecular weight excluding hydrogens is 256 g/mol. The van der Waals surface area contributed by atoms with Crippen LogP contribution in [0.2, 0.25) is 0 Å². The van der Waals surface area contributed by atoms with Crippen LogP contribution in [0, 0.1) is 0 Å². The molecule has 2 heteroatoms. The zero-order valence-corrected chi connectivity index (χ0v) is 12.0. The topological polar surface area (TPSA) is 24.9 Å². The number of benzene rings is 2. The van der Waals surface area contributed by atoms with Crippen LogP contribution in [0.5, 0.6) is 0 Å². The molecule has 0 aliphatic heterocycles. The molecule has 0 saturated heterocycles. The lowest BCUT2D eigenvalue weighted by Crippen LogP contribution is -2.07. The highest BCUT2D eigenvalue weighted by molar-refractivity contribution is 5.78. The predicted molar refractivity (Wildman–Crippen MR) is 88.2 cm³/mol. The Balaban J connectivity index is 1.90. The van der Waals surface area contributed by atoms with Crippen molar-refractivity contribution in [1.29, 1.82) is 0 Å². The van der Waals surface area contributed by atoms with E-state index in [4.69, 9.17) is 0 Å². The molecule has 0 aliphatic carbocycles. The molecule has 21 heavy (non-hydrogen) atoms. The molecule has 104 valence electrons. The minimum Gasteiger partial charge on any atom is -0.378 e. The van der Waals surface area contributed by atoms with Crippen molar-refractivity contribution < 1.29 is 0 Å². The third-order valence-electron chi connectivity index (χ3n) is 3.57.